The summed E-state index contributed by atoms with van der Waals surface area (Å²) < 4.78 is 5.34. The molecule has 22 heavy (non-hydrogen) atoms. The number of hydrogen-bond donors (Lipinski definition) is 1. The van der Waals surface area contributed by atoms with Crippen molar-refractivity contribution in [3.05, 3.63) is 29.8 Å². The summed E-state index contributed by atoms with van der Waals surface area (Å²) in [5.41, 5.74) is 1.89. The smallest absolute Gasteiger partial charge is 0.229 e. The summed E-state index contributed by atoms with van der Waals surface area (Å²) in [6.45, 7) is 3.92. The molecule has 0 saturated carbocycles. The molecule has 0 aromatic heterocycles. The molecule has 5 heteroatoms. The van der Waals surface area contributed by atoms with Gasteiger partial charge in [-0.25, -0.2) is 0 Å². The Morgan fingerprint density at radius 3 is 2.82 bits per heavy atom. The van der Waals surface area contributed by atoms with Gasteiger partial charge in [-0.05, 0) is 37.5 Å². The summed E-state index contributed by atoms with van der Waals surface area (Å²) in [5.74, 6) is -0.222. The molecule has 0 spiro atoms. The van der Waals surface area contributed by atoms with Gasteiger partial charge in [-0.15, -0.1) is 0 Å². The fourth-order valence-electron chi connectivity index (χ4n) is 3.22. The molecule has 2 aliphatic heterocycles. The van der Waals surface area contributed by atoms with Crippen molar-refractivity contribution in [1.29, 1.82) is 0 Å². The van der Waals surface area contributed by atoms with Gasteiger partial charge in [-0.2, -0.15) is 0 Å². The van der Waals surface area contributed by atoms with E-state index < -0.39 is 0 Å². The number of benzene rings is 1. The highest BCUT2D eigenvalue weighted by molar-refractivity contribution is 5.97. The van der Waals surface area contributed by atoms with Crippen molar-refractivity contribution in [3.63, 3.8) is 0 Å². The average Bonchev–Trinajstić information content (AvgIpc) is 2.90. The zero-order chi connectivity index (χ0) is 15.5. The molecule has 1 aromatic carbocycles. The van der Waals surface area contributed by atoms with E-state index in [4.69, 9.17) is 4.74 Å². The van der Waals surface area contributed by atoms with Gasteiger partial charge in [-0.1, -0.05) is 12.1 Å². The molecule has 2 amide bonds. The van der Waals surface area contributed by atoms with Gasteiger partial charge in [0.1, 0.15) is 0 Å². The van der Waals surface area contributed by atoms with Crippen LogP contribution in [0.15, 0.2) is 24.3 Å². The number of likely N-dealkylation sites (tertiary alicyclic amines) is 1. The summed E-state index contributed by atoms with van der Waals surface area (Å²) in [7, 11) is 0. The van der Waals surface area contributed by atoms with E-state index in [9.17, 15) is 9.59 Å². The van der Waals surface area contributed by atoms with Crippen LogP contribution in [0.1, 0.15) is 24.8 Å². The average molecular weight is 302 g/mol. The lowest BCUT2D eigenvalue weighted by Gasteiger charge is -2.31. The first-order valence-electron chi connectivity index (χ1n) is 7.88. The van der Waals surface area contributed by atoms with E-state index in [2.05, 4.69) is 5.32 Å². The molecule has 0 bridgehead atoms. The molecule has 2 heterocycles. The van der Waals surface area contributed by atoms with E-state index in [0.29, 0.717) is 26.2 Å². The molecular weight excluding hydrogens is 280 g/mol. The van der Waals surface area contributed by atoms with Crippen molar-refractivity contribution in [2.75, 3.05) is 25.1 Å². The summed E-state index contributed by atoms with van der Waals surface area (Å²) in [6, 6.07) is 7.95. The zero-order valence-corrected chi connectivity index (χ0v) is 12.9. The number of hydrogen-bond acceptors (Lipinski definition) is 3. The van der Waals surface area contributed by atoms with Crippen LogP contribution in [0.2, 0.25) is 0 Å². The number of ether oxygens (including phenoxy) is 1. The molecule has 1 unspecified atom stereocenters. The maximum Gasteiger partial charge on any atom is 0.229 e. The lowest BCUT2D eigenvalue weighted by atomic mass is 10.1. The van der Waals surface area contributed by atoms with E-state index in [-0.39, 0.29) is 23.8 Å². The Hall–Kier alpha value is -1.88. The van der Waals surface area contributed by atoms with E-state index >= 15 is 0 Å². The van der Waals surface area contributed by atoms with Crippen molar-refractivity contribution < 1.29 is 14.3 Å². The van der Waals surface area contributed by atoms with Gasteiger partial charge in [0, 0.05) is 37.9 Å². The standard InChI is InChI=1S/C17H22N2O3/c1-12-3-2-4-14(9-12)18-17(21)13-10-16(20)19(11-13)15-5-7-22-8-6-15/h2-4,9,13,15H,5-8,10-11H2,1H3,(H,18,21). The van der Waals surface area contributed by atoms with E-state index in [1.807, 2.05) is 36.1 Å². The number of nitrogens with one attached hydrogen (secondary N) is 1. The maximum atomic E-state index is 12.4. The third-order valence-corrected chi connectivity index (χ3v) is 4.45. The van der Waals surface area contributed by atoms with E-state index in [1.165, 1.54) is 0 Å². The molecular formula is C17H22N2O3. The number of aryl methyl sites for hydroxylation is 1. The van der Waals surface area contributed by atoms with Crippen molar-refractivity contribution in [1.82, 2.24) is 4.90 Å². The monoisotopic (exact) mass is 302 g/mol. The van der Waals surface area contributed by atoms with Gasteiger partial charge in [0.05, 0.1) is 5.92 Å². The molecule has 1 aromatic rings. The van der Waals surface area contributed by atoms with Gasteiger partial charge < -0.3 is 15.0 Å². The van der Waals surface area contributed by atoms with Gasteiger partial charge in [0.15, 0.2) is 0 Å². The molecule has 1 N–H and O–H groups in total. The lowest BCUT2D eigenvalue weighted by molar-refractivity contribution is -0.131. The second-order valence-corrected chi connectivity index (χ2v) is 6.15. The Labute approximate surface area is 130 Å². The van der Waals surface area contributed by atoms with Gasteiger partial charge in [-0.3, -0.25) is 9.59 Å². The van der Waals surface area contributed by atoms with Gasteiger partial charge >= 0.3 is 0 Å². The van der Waals surface area contributed by atoms with Crippen LogP contribution in [0.4, 0.5) is 5.69 Å². The molecule has 118 valence electrons. The predicted molar refractivity (Wildman–Crippen MR) is 83.5 cm³/mol. The predicted octanol–water partition coefficient (Wildman–Crippen LogP) is 1.96. The summed E-state index contributed by atoms with van der Waals surface area (Å²) in [6.07, 6.45) is 2.06. The largest absolute Gasteiger partial charge is 0.381 e. The first kappa shape index (κ1) is 15.0. The van der Waals surface area contributed by atoms with Crippen LogP contribution >= 0.6 is 0 Å². The highest BCUT2D eigenvalue weighted by atomic mass is 16.5. The third kappa shape index (κ3) is 3.30. The Kier molecular flexibility index (Phi) is 4.43. The SMILES string of the molecule is Cc1cccc(NC(=O)C2CC(=O)N(C3CCOCC3)C2)c1. The van der Waals surface area contributed by atoms with Gasteiger partial charge in [0.2, 0.25) is 11.8 Å². The maximum absolute atomic E-state index is 12.4. The van der Waals surface area contributed by atoms with E-state index in [0.717, 1.165) is 24.1 Å². The van der Waals surface area contributed by atoms with Crippen LogP contribution in [-0.2, 0) is 14.3 Å². The number of rotatable bonds is 3. The Morgan fingerprint density at radius 2 is 2.09 bits per heavy atom. The molecule has 2 saturated heterocycles. The number of carbonyl (C=O) groups excluding carboxylic acids is 2. The lowest BCUT2D eigenvalue weighted by Crippen LogP contribution is -2.41. The highest BCUT2D eigenvalue weighted by Crippen LogP contribution is 2.26. The molecule has 3 rings (SSSR count). The van der Waals surface area contributed by atoms with Crippen molar-refractivity contribution >= 4 is 17.5 Å². The molecule has 0 radical (unpaired) electrons. The van der Waals surface area contributed by atoms with Crippen LogP contribution < -0.4 is 5.32 Å². The number of nitrogens with zero attached hydrogens (tertiary/aromatic N) is 1. The third-order valence-electron chi connectivity index (χ3n) is 4.45. The molecule has 5 nitrogen and oxygen atoms in total. The highest BCUT2D eigenvalue weighted by Gasteiger charge is 2.38. The van der Waals surface area contributed by atoms with E-state index in [1.54, 1.807) is 0 Å². The second kappa shape index (κ2) is 6.48. The fourth-order valence-corrected chi connectivity index (χ4v) is 3.22. The minimum Gasteiger partial charge on any atom is -0.381 e. The topological polar surface area (TPSA) is 58.6 Å². The molecule has 0 aliphatic carbocycles. The molecule has 2 aliphatic rings. The van der Waals surface area contributed by atoms with Crippen LogP contribution in [0.3, 0.4) is 0 Å². The van der Waals surface area contributed by atoms with Crippen LogP contribution in [-0.4, -0.2) is 42.5 Å². The van der Waals surface area contributed by atoms with Crippen LogP contribution in [0.25, 0.3) is 0 Å². The first-order chi connectivity index (χ1) is 10.6. The normalized spacial score (nSPS) is 22.9. The summed E-state index contributed by atoms with van der Waals surface area (Å²) in [5, 5.41) is 2.93. The minimum atomic E-state index is -0.254. The zero-order valence-electron chi connectivity index (χ0n) is 12.9. The van der Waals surface area contributed by atoms with Crippen LogP contribution in [0.5, 0.6) is 0 Å². The summed E-state index contributed by atoms with van der Waals surface area (Å²) >= 11 is 0. The van der Waals surface area contributed by atoms with Crippen molar-refractivity contribution in [2.24, 2.45) is 5.92 Å². The molecule has 2 fully saturated rings. The quantitative estimate of drug-likeness (QED) is 0.928. The Morgan fingerprint density at radius 1 is 1.32 bits per heavy atom. The summed E-state index contributed by atoms with van der Waals surface area (Å²) in [4.78, 5) is 26.5. The fraction of sp³-hybridized carbons (Fsp3) is 0.529. The first-order valence-corrected chi connectivity index (χ1v) is 7.88. The second-order valence-electron chi connectivity index (χ2n) is 6.15. The number of amides is 2. The number of anilines is 1. The Bertz CT molecular complexity index is 567. The number of carbonyl (C=O) groups is 2. The molecule has 1 atom stereocenters. The van der Waals surface area contributed by atoms with Gasteiger partial charge in [0.25, 0.3) is 0 Å². The van der Waals surface area contributed by atoms with Crippen molar-refractivity contribution in [3.8, 4) is 0 Å². The van der Waals surface area contributed by atoms with Crippen molar-refractivity contribution in [2.45, 2.75) is 32.2 Å². The Balaban J connectivity index is 1.61. The van der Waals surface area contributed by atoms with Crippen LogP contribution in [0, 0.1) is 12.8 Å². The minimum absolute atomic E-state index is 0.0616.